The Morgan fingerprint density at radius 3 is 1.62 bits per heavy atom. The number of nitrogens with zero attached hydrogens (tertiary/aromatic N) is 11. The van der Waals surface area contributed by atoms with Crippen LogP contribution in [-0.2, 0) is 49.0 Å². The average molecular weight is 1250 g/mol. The molecule has 12 rings (SSSR count). The topological polar surface area (TPSA) is 206 Å². The molecule has 4 aliphatic rings. The molecule has 4 atom stereocenters. The molecule has 90 heavy (non-hydrogen) atoms. The van der Waals surface area contributed by atoms with Crippen LogP contribution in [0.5, 0.6) is 11.5 Å². The molecule has 0 aliphatic carbocycles. The number of aryl methyl sites for hydroxylation is 4. The molecule has 0 spiro atoms. The number of carboxylic acids is 1. The molecule has 4 aliphatic heterocycles. The van der Waals surface area contributed by atoms with Gasteiger partial charge < -0.3 is 58.4 Å². The minimum Gasteiger partial charge on any atom is -0.548 e. The van der Waals surface area contributed by atoms with Crippen LogP contribution in [0, 0.1) is 13.8 Å². The Balaban J connectivity index is 0.000000178. The van der Waals surface area contributed by atoms with Crippen LogP contribution >= 0.6 is 23.2 Å². The molecule has 464 valence electrons. The van der Waals surface area contributed by atoms with E-state index in [4.69, 9.17) is 37.7 Å². The van der Waals surface area contributed by atoms with Crippen LogP contribution in [0.4, 0.5) is 0 Å². The van der Waals surface area contributed by atoms with Crippen LogP contribution in [0.25, 0.3) is 0 Å². The van der Waals surface area contributed by atoms with Gasteiger partial charge in [-0.2, -0.15) is 0 Å². The Morgan fingerprint density at radius 1 is 0.644 bits per heavy atom. The summed E-state index contributed by atoms with van der Waals surface area (Å²) in [6.07, 6.45) is 13.3. The zero-order chi connectivity index (χ0) is 62.4. The van der Waals surface area contributed by atoms with E-state index >= 15 is 0 Å². The summed E-state index contributed by atoms with van der Waals surface area (Å²) in [6.45, 7) is 15.7. The molecule has 8 heterocycles. The molecule has 0 unspecified atom stereocenters. The van der Waals surface area contributed by atoms with Crippen LogP contribution < -0.4 is 38.8 Å². The second-order valence-corrected chi connectivity index (χ2v) is 23.9. The van der Waals surface area contributed by atoms with Crippen molar-refractivity contribution in [3.63, 3.8) is 0 Å². The third-order valence-corrected chi connectivity index (χ3v) is 17.1. The van der Waals surface area contributed by atoms with Gasteiger partial charge in [0.2, 0.25) is 5.91 Å². The molecule has 2 saturated heterocycles. The average Bonchev–Trinajstić information content (AvgIpc) is 1.91. The maximum atomic E-state index is 14.6. The van der Waals surface area contributed by atoms with Gasteiger partial charge in [-0.15, -0.1) is 0 Å². The van der Waals surface area contributed by atoms with Crippen molar-refractivity contribution in [2.24, 2.45) is 0 Å². The number of piperazine rings is 2. The first-order valence-electron chi connectivity index (χ1n) is 30.5. The van der Waals surface area contributed by atoms with Gasteiger partial charge in [0.05, 0.1) is 65.6 Å². The van der Waals surface area contributed by atoms with E-state index in [9.17, 15) is 24.7 Å². The van der Waals surface area contributed by atoms with Gasteiger partial charge in [0.15, 0.2) is 0 Å². The van der Waals surface area contributed by atoms with Gasteiger partial charge in [-0.05, 0) is 94.4 Å². The van der Waals surface area contributed by atoms with Crippen LogP contribution in [0.2, 0.25) is 23.7 Å². The van der Waals surface area contributed by atoms with E-state index in [1.54, 1.807) is 36.8 Å². The minimum atomic E-state index is -1.20. The number of hydrogen-bond acceptors (Lipinski definition) is 16. The van der Waals surface area contributed by atoms with E-state index in [0.29, 0.717) is 74.8 Å². The summed E-state index contributed by atoms with van der Waals surface area (Å²) < 4.78 is 16.4. The number of aliphatic carboxylic acids is 1. The van der Waals surface area contributed by atoms with E-state index in [2.05, 4.69) is 81.8 Å². The fraction of sp³-hybridized carbons (Fsp3) is 0.364. The Labute approximate surface area is 550 Å². The maximum absolute atomic E-state index is 14.6. The zero-order valence-corrected chi connectivity index (χ0v) is 53.4. The standard InChI is InChI=1S/C33H38BClN6O3.C19H21BClN3O4.C14H19N3.Li/c1-24-19-38(23-37-24)14-7-15-40(20-25-8-4-3-5-9-25)33(42)29-21-39(16-17-41(29)34(2)43)32-28-12-11-27(35)18-30(28)44-22-26-10-6-13-36-31(26)32;1-20(27)24-8-7-23(10-15(24)19(25)26)18-14-5-4-13(21)9-16(14)28-11-12-3-2-6-22-17(12)18;1-13-11-17(12-16-13)9-5-8-15-10-14-6-3-2-4-7-14;/h3-6,8-13,18-19,23,29,32,43H,7,14-17,20-22H2,1-2H3;2-6,9,15,18,27H,7-8,10-11H2,1H3,(H,25,26);2-4,6-7,11-12,15H,5,8-10H2,1H3;/q;;;+1/p-1/t29-,32+;15-,18+;;/m11../s1. The quantitative estimate of drug-likeness (QED) is 0.0806. The SMILES string of the molecule is CB(O)N1CCN([C@H]2c3ccc(Cl)cc3OCc3cccnc32)C[C@@H]1C(=O)N(CCCn1cnc(C)c1)Cc1ccccc1.CB(O)N1CCN([C@H]2c3ccc(Cl)cc3OCc3cccnc32)C[C@@H]1C(=O)[O-].Cc1cn(CCCNCc2ccccc2)cn1.[Li+]. The third-order valence-electron chi connectivity index (χ3n) is 16.7. The van der Waals surface area contributed by atoms with E-state index in [0.717, 1.165) is 95.4 Å². The number of ether oxygens (including phenoxy) is 2. The van der Waals surface area contributed by atoms with Gasteiger partial charge in [0.25, 0.3) is 0 Å². The second kappa shape index (κ2) is 32.4. The number of aromatic nitrogens is 6. The summed E-state index contributed by atoms with van der Waals surface area (Å²) in [5.41, 5.74) is 10.0. The summed E-state index contributed by atoms with van der Waals surface area (Å²) in [7, 11) is -1.63. The maximum Gasteiger partial charge on any atom is 1.00 e. The molecule has 1 amide bonds. The first-order chi connectivity index (χ1) is 43.2. The van der Waals surface area contributed by atoms with Crippen LogP contribution in [0.1, 0.15) is 81.1 Å². The number of hydrogen-bond donors (Lipinski definition) is 3. The number of nitrogens with one attached hydrogen (secondary N) is 1. The molecule has 19 nitrogen and oxygen atoms in total. The summed E-state index contributed by atoms with van der Waals surface area (Å²) in [5, 5.41) is 37.2. The molecule has 8 aromatic rings. The normalized spacial score (nSPS) is 18.1. The van der Waals surface area contributed by atoms with Crippen molar-refractivity contribution in [3.05, 3.63) is 225 Å². The number of pyridine rings is 2. The number of amides is 1. The first kappa shape index (κ1) is 67.6. The van der Waals surface area contributed by atoms with Crippen molar-refractivity contribution in [2.45, 2.75) is 104 Å². The molecule has 4 aromatic heterocycles. The summed E-state index contributed by atoms with van der Waals surface area (Å²) >= 11 is 12.5. The van der Waals surface area contributed by atoms with Crippen molar-refractivity contribution in [3.8, 4) is 11.5 Å². The number of halogens is 2. The molecular weight excluding hydrogens is 1170 g/mol. The summed E-state index contributed by atoms with van der Waals surface area (Å²) in [6, 6.07) is 37.6. The molecule has 0 bridgehead atoms. The van der Waals surface area contributed by atoms with Crippen molar-refractivity contribution in [2.75, 3.05) is 52.4 Å². The van der Waals surface area contributed by atoms with Crippen LogP contribution in [0.3, 0.4) is 0 Å². The van der Waals surface area contributed by atoms with Gasteiger partial charge >= 0.3 is 33.0 Å². The molecule has 4 aromatic carbocycles. The number of imidazole rings is 2. The van der Waals surface area contributed by atoms with Gasteiger partial charge in [-0.3, -0.25) is 24.6 Å². The van der Waals surface area contributed by atoms with Crippen molar-refractivity contribution in [1.82, 2.24) is 58.7 Å². The van der Waals surface area contributed by atoms with Crippen LogP contribution in [0.15, 0.2) is 159 Å². The minimum absolute atomic E-state index is 0. The summed E-state index contributed by atoms with van der Waals surface area (Å²) in [5.74, 6) is 0.192. The van der Waals surface area contributed by atoms with Crippen molar-refractivity contribution in [1.29, 1.82) is 0 Å². The molecule has 2 fully saturated rings. The van der Waals surface area contributed by atoms with Crippen molar-refractivity contribution < 1.29 is 53.1 Å². The Morgan fingerprint density at radius 2 is 1.13 bits per heavy atom. The number of carbonyl (C=O) groups excluding carboxylic acids is 2. The fourth-order valence-corrected chi connectivity index (χ4v) is 12.6. The van der Waals surface area contributed by atoms with Gasteiger partial charge in [0, 0.05) is 129 Å². The predicted molar refractivity (Wildman–Crippen MR) is 344 cm³/mol. The molecule has 3 N–H and O–H groups in total. The monoisotopic (exact) mass is 1250 g/mol. The van der Waals surface area contributed by atoms with Gasteiger partial charge in [0.1, 0.15) is 24.7 Å². The second-order valence-electron chi connectivity index (χ2n) is 23.0. The molecule has 0 saturated carbocycles. The van der Waals surface area contributed by atoms with Gasteiger partial charge in [-0.1, -0.05) is 108 Å². The molecular formula is C66H77B2Cl2LiN12O7. The number of carbonyl (C=O) groups is 2. The summed E-state index contributed by atoms with van der Waals surface area (Å²) in [4.78, 5) is 54.1. The Kier molecular flexibility index (Phi) is 24.4. The first-order valence-corrected chi connectivity index (χ1v) is 31.3. The predicted octanol–water partition coefficient (Wildman–Crippen LogP) is 4.38. The molecule has 24 heteroatoms. The smallest absolute Gasteiger partial charge is 0.548 e. The third kappa shape index (κ3) is 17.4. The number of benzene rings is 4. The molecule has 0 radical (unpaired) electrons. The van der Waals surface area contributed by atoms with Crippen LogP contribution in [-0.4, -0.2) is 154 Å². The van der Waals surface area contributed by atoms with Crippen molar-refractivity contribution >= 4 is 49.2 Å². The van der Waals surface area contributed by atoms with E-state index in [1.165, 1.54) is 5.56 Å². The van der Waals surface area contributed by atoms with E-state index in [-0.39, 0.29) is 43.4 Å². The van der Waals surface area contributed by atoms with E-state index in [1.807, 2.05) is 121 Å². The number of carboxylic acid groups (broad SMARTS) is 1. The fourth-order valence-electron chi connectivity index (χ4n) is 12.3. The number of rotatable bonds is 18. The van der Waals surface area contributed by atoms with Gasteiger partial charge in [-0.25, -0.2) is 9.97 Å². The Bertz CT molecular complexity index is 3610. The zero-order valence-electron chi connectivity index (χ0n) is 51.9. The van der Waals surface area contributed by atoms with E-state index < -0.39 is 32.2 Å². The largest absolute Gasteiger partial charge is 1.00 e. The number of fused-ring (bicyclic) bond motifs is 4. The Hall–Kier alpha value is -6.83.